The van der Waals surface area contributed by atoms with Crippen molar-refractivity contribution in [1.29, 1.82) is 0 Å². The Morgan fingerprint density at radius 1 is 1.27 bits per heavy atom. The van der Waals surface area contributed by atoms with E-state index < -0.39 is 0 Å². The first-order chi connectivity index (χ1) is 10.5. The molecule has 3 rings (SSSR count). The summed E-state index contributed by atoms with van der Waals surface area (Å²) >= 11 is 0. The molecule has 1 amide bonds. The zero-order valence-electron chi connectivity index (χ0n) is 13.8. The molecule has 1 aliphatic carbocycles. The minimum Gasteiger partial charge on any atom is -0.372 e. The van der Waals surface area contributed by atoms with Gasteiger partial charge in [0.15, 0.2) is 0 Å². The van der Waals surface area contributed by atoms with Crippen LogP contribution in [0.2, 0.25) is 0 Å². The fourth-order valence-electron chi connectivity index (χ4n) is 3.80. The molecule has 0 spiro atoms. The Morgan fingerprint density at radius 2 is 1.95 bits per heavy atom. The van der Waals surface area contributed by atoms with Gasteiger partial charge >= 0.3 is 0 Å². The molecule has 1 saturated heterocycles. The first-order valence-corrected chi connectivity index (χ1v) is 8.26. The maximum absolute atomic E-state index is 12.6. The number of hydrogen-bond acceptors (Lipinski definition) is 3. The molecule has 0 saturated carbocycles. The third-order valence-electron chi connectivity index (χ3n) is 4.79. The van der Waals surface area contributed by atoms with E-state index in [1.807, 2.05) is 18.7 Å². The molecule has 4 heteroatoms. The minimum absolute atomic E-state index is 0.130. The Bertz CT molecular complexity index is 536. The second-order valence-electron chi connectivity index (χ2n) is 6.72. The summed E-state index contributed by atoms with van der Waals surface area (Å²) in [5.41, 5.74) is 2.82. The summed E-state index contributed by atoms with van der Waals surface area (Å²) in [6, 6.07) is 8.97. The molecule has 22 heavy (non-hydrogen) atoms. The van der Waals surface area contributed by atoms with Crippen molar-refractivity contribution in [3.05, 3.63) is 35.4 Å². The van der Waals surface area contributed by atoms with E-state index in [-0.39, 0.29) is 18.1 Å². The number of fused-ring (bicyclic) bond motifs is 1. The Balaban J connectivity index is 1.62. The van der Waals surface area contributed by atoms with Crippen LogP contribution in [0.4, 0.5) is 0 Å². The lowest BCUT2D eigenvalue weighted by molar-refractivity contribution is -0.144. The first kappa shape index (κ1) is 15.5. The van der Waals surface area contributed by atoms with Crippen LogP contribution in [0.15, 0.2) is 24.3 Å². The second kappa shape index (κ2) is 6.39. The highest BCUT2D eigenvalue weighted by atomic mass is 16.5. The lowest BCUT2D eigenvalue weighted by Crippen LogP contribution is -2.50. The van der Waals surface area contributed by atoms with E-state index in [4.69, 9.17) is 4.74 Å². The van der Waals surface area contributed by atoms with Crippen molar-refractivity contribution in [3.8, 4) is 0 Å². The van der Waals surface area contributed by atoms with E-state index in [0.29, 0.717) is 25.7 Å². The molecule has 1 fully saturated rings. The number of benzene rings is 1. The SMILES string of the molecule is CC1CN(C(=O)CN(C)C2CCc3ccccc32)CC(C)O1. The molecule has 1 heterocycles. The standard InChI is InChI=1S/C18H26N2O2/c1-13-10-20(11-14(2)22-13)18(21)12-19(3)17-9-8-15-6-4-5-7-16(15)17/h4-7,13-14,17H,8-12H2,1-3H3. The number of hydrogen-bond donors (Lipinski definition) is 0. The molecule has 3 unspecified atom stereocenters. The summed E-state index contributed by atoms with van der Waals surface area (Å²) in [6.45, 7) is 5.97. The topological polar surface area (TPSA) is 32.8 Å². The van der Waals surface area contributed by atoms with Crippen LogP contribution in [0.1, 0.15) is 37.4 Å². The molecule has 0 aromatic heterocycles. The monoisotopic (exact) mass is 302 g/mol. The van der Waals surface area contributed by atoms with Crippen molar-refractivity contribution in [2.75, 3.05) is 26.7 Å². The number of aryl methyl sites for hydroxylation is 1. The number of amides is 1. The third-order valence-corrected chi connectivity index (χ3v) is 4.79. The number of carbonyl (C=O) groups is 1. The summed E-state index contributed by atoms with van der Waals surface area (Å²) in [6.07, 6.45) is 2.49. The fraction of sp³-hybridized carbons (Fsp3) is 0.611. The molecule has 0 radical (unpaired) electrons. The van der Waals surface area contributed by atoms with Crippen LogP contribution in [-0.4, -0.2) is 54.6 Å². The molecule has 3 atom stereocenters. The van der Waals surface area contributed by atoms with Gasteiger partial charge in [0.25, 0.3) is 0 Å². The number of carbonyl (C=O) groups excluding carboxylic acids is 1. The summed E-state index contributed by atoms with van der Waals surface area (Å²) in [4.78, 5) is 16.8. The fourth-order valence-corrected chi connectivity index (χ4v) is 3.80. The Hall–Kier alpha value is -1.39. The van der Waals surface area contributed by atoms with Crippen LogP contribution in [0.3, 0.4) is 0 Å². The van der Waals surface area contributed by atoms with Gasteiger partial charge in [0, 0.05) is 19.1 Å². The van der Waals surface area contributed by atoms with Gasteiger partial charge < -0.3 is 9.64 Å². The molecule has 0 bridgehead atoms. The van der Waals surface area contributed by atoms with Crippen molar-refractivity contribution in [2.24, 2.45) is 0 Å². The number of rotatable bonds is 3. The van der Waals surface area contributed by atoms with Gasteiger partial charge in [-0.1, -0.05) is 24.3 Å². The molecule has 0 N–H and O–H groups in total. The Kier molecular flexibility index (Phi) is 4.50. The zero-order valence-corrected chi connectivity index (χ0v) is 13.8. The van der Waals surface area contributed by atoms with Gasteiger partial charge in [-0.15, -0.1) is 0 Å². The Labute approximate surface area is 133 Å². The van der Waals surface area contributed by atoms with Crippen molar-refractivity contribution in [1.82, 2.24) is 9.80 Å². The summed E-state index contributed by atoms with van der Waals surface area (Å²) in [7, 11) is 2.07. The van der Waals surface area contributed by atoms with E-state index in [1.165, 1.54) is 11.1 Å². The molecule has 4 nitrogen and oxygen atoms in total. The van der Waals surface area contributed by atoms with E-state index in [0.717, 1.165) is 12.8 Å². The van der Waals surface area contributed by atoms with Gasteiger partial charge in [0.2, 0.25) is 5.91 Å². The smallest absolute Gasteiger partial charge is 0.236 e. The van der Waals surface area contributed by atoms with Crippen LogP contribution in [-0.2, 0) is 16.0 Å². The van der Waals surface area contributed by atoms with Gasteiger partial charge in [-0.2, -0.15) is 0 Å². The highest BCUT2D eigenvalue weighted by molar-refractivity contribution is 5.78. The van der Waals surface area contributed by atoms with Gasteiger partial charge in [-0.3, -0.25) is 9.69 Å². The van der Waals surface area contributed by atoms with Crippen LogP contribution >= 0.6 is 0 Å². The average molecular weight is 302 g/mol. The maximum atomic E-state index is 12.6. The molecule has 120 valence electrons. The molecule has 1 aromatic carbocycles. The van der Waals surface area contributed by atoms with Gasteiger partial charge in [0.05, 0.1) is 18.8 Å². The zero-order chi connectivity index (χ0) is 15.7. The van der Waals surface area contributed by atoms with Crippen molar-refractivity contribution in [2.45, 2.75) is 44.9 Å². The van der Waals surface area contributed by atoms with Crippen LogP contribution in [0.25, 0.3) is 0 Å². The first-order valence-electron chi connectivity index (χ1n) is 8.26. The highest BCUT2D eigenvalue weighted by Gasteiger charge is 2.30. The number of likely N-dealkylation sites (N-methyl/N-ethyl adjacent to an activating group) is 1. The lowest BCUT2D eigenvalue weighted by atomic mass is 10.1. The maximum Gasteiger partial charge on any atom is 0.236 e. The van der Waals surface area contributed by atoms with E-state index >= 15 is 0 Å². The third kappa shape index (κ3) is 3.18. The number of ether oxygens (including phenoxy) is 1. The minimum atomic E-state index is 0.130. The predicted molar refractivity (Wildman–Crippen MR) is 86.7 cm³/mol. The van der Waals surface area contributed by atoms with Gasteiger partial charge in [-0.25, -0.2) is 0 Å². The second-order valence-corrected chi connectivity index (χ2v) is 6.72. The van der Waals surface area contributed by atoms with E-state index in [9.17, 15) is 4.79 Å². The summed E-state index contributed by atoms with van der Waals surface area (Å²) in [5.74, 6) is 0.217. The van der Waals surface area contributed by atoms with E-state index in [2.05, 4.69) is 36.2 Å². The predicted octanol–water partition coefficient (Wildman–Crippen LogP) is 2.24. The largest absolute Gasteiger partial charge is 0.372 e. The van der Waals surface area contributed by atoms with Crippen molar-refractivity contribution < 1.29 is 9.53 Å². The van der Waals surface area contributed by atoms with Crippen LogP contribution in [0.5, 0.6) is 0 Å². The molecule has 1 aromatic rings. The van der Waals surface area contributed by atoms with Crippen molar-refractivity contribution >= 4 is 5.91 Å². The molecule has 2 aliphatic rings. The summed E-state index contributed by atoms with van der Waals surface area (Å²) < 4.78 is 5.71. The van der Waals surface area contributed by atoms with Crippen molar-refractivity contribution in [3.63, 3.8) is 0 Å². The molecule has 1 aliphatic heterocycles. The number of nitrogens with zero attached hydrogens (tertiary/aromatic N) is 2. The number of morpholine rings is 1. The summed E-state index contributed by atoms with van der Waals surface area (Å²) in [5, 5.41) is 0. The van der Waals surface area contributed by atoms with Gasteiger partial charge in [-0.05, 0) is 44.9 Å². The Morgan fingerprint density at radius 3 is 2.68 bits per heavy atom. The molecular formula is C18H26N2O2. The molecular weight excluding hydrogens is 276 g/mol. The van der Waals surface area contributed by atoms with Crippen LogP contribution in [0, 0.1) is 0 Å². The van der Waals surface area contributed by atoms with Crippen LogP contribution < -0.4 is 0 Å². The van der Waals surface area contributed by atoms with Gasteiger partial charge in [0.1, 0.15) is 0 Å². The lowest BCUT2D eigenvalue weighted by Gasteiger charge is -2.36. The average Bonchev–Trinajstić information content (AvgIpc) is 2.90. The highest BCUT2D eigenvalue weighted by Crippen LogP contribution is 2.34. The quantitative estimate of drug-likeness (QED) is 0.858. The van der Waals surface area contributed by atoms with E-state index in [1.54, 1.807) is 0 Å². The normalized spacial score (nSPS) is 28.0.